The smallest absolute Gasteiger partial charge is 0.142 e. The number of hydrogen-bond donors (Lipinski definition) is 1. The minimum absolute atomic E-state index is 0.639. The molecule has 2 aliphatic rings. The number of benzene rings is 1. The standard InChI is InChI=1S/C15H22N2O/c1-17-8-4-5-12(17)9-11-10-16-15-13(11)6-3-7-14(15)18-2/h3,6-7,11-12,16H,4-5,8-10H2,1-2H3. The van der Waals surface area contributed by atoms with Crippen LogP contribution in [0.15, 0.2) is 18.2 Å². The molecule has 1 saturated heterocycles. The van der Waals surface area contributed by atoms with Gasteiger partial charge in [0, 0.05) is 18.5 Å². The van der Waals surface area contributed by atoms with E-state index in [1.807, 2.05) is 6.07 Å². The molecule has 1 N–H and O–H groups in total. The largest absolute Gasteiger partial charge is 0.495 e. The lowest BCUT2D eigenvalue weighted by Gasteiger charge is -2.22. The number of nitrogens with one attached hydrogen (secondary N) is 1. The van der Waals surface area contributed by atoms with Crippen LogP contribution in [0.4, 0.5) is 5.69 Å². The van der Waals surface area contributed by atoms with Gasteiger partial charge in [0.15, 0.2) is 0 Å². The van der Waals surface area contributed by atoms with Crippen molar-refractivity contribution in [2.45, 2.75) is 31.2 Å². The maximum atomic E-state index is 5.42. The second-order valence-corrected chi connectivity index (χ2v) is 5.51. The van der Waals surface area contributed by atoms with Crippen LogP contribution in [0.2, 0.25) is 0 Å². The quantitative estimate of drug-likeness (QED) is 0.887. The van der Waals surface area contributed by atoms with Crippen LogP contribution in [-0.4, -0.2) is 38.2 Å². The number of anilines is 1. The molecule has 0 spiro atoms. The summed E-state index contributed by atoms with van der Waals surface area (Å²) in [5, 5.41) is 3.52. The van der Waals surface area contributed by atoms with Gasteiger partial charge in [-0.25, -0.2) is 0 Å². The van der Waals surface area contributed by atoms with E-state index in [4.69, 9.17) is 4.74 Å². The predicted octanol–water partition coefficient (Wildman–Crippen LogP) is 2.69. The van der Waals surface area contributed by atoms with E-state index in [0.717, 1.165) is 18.3 Å². The number of ether oxygens (including phenoxy) is 1. The molecule has 1 aromatic rings. The van der Waals surface area contributed by atoms with E-state index in [1.54, 1.807) is 7.11 Å². The lowest BCUT2D eigenvalue weighted by molar-refractivity contribution is 0.285. The molecule has 3 rings (SSSR count). The maximum absolute atomic E-state index is 5.42. The van der Waals surface area contributed by atoms with E-state index in [1.165, 1.54) is 37.1 Å². The van der Waals surface area contributed by atoms with Gasteiger partial charge in [-0.05, 0) is 44.5 Å². The molecule has 0 amide bonds. The van der Waals surface area contributed by atoms with Crippen LogP contribution in [-0.2, 0) is 0 Å². The number of methoxy groups -OCH3 is 1. The number of fused-ring (bicyclic) bond motifs is 1. The van der Waals surface area contributed by atoms with Gasteiger partial charge in [0.25, 0.3) is 0 Å². The summed E-state index contributed by atoms with van der Waals surface area (Å²) < 4.78 is 5.42. The van der Waals surface area contributed by atoms with Gasteiger partial charge < -0.3 is 15.0 Å². The van der Waals surface area contributed by atoms with Crippen LogP contribution in [0, 0.1) is 0 Å². The molecule has 2 atom stereocenters. The molecule has 98 valence electrons. The molecule has 2 heterocycles. The summed E-state index contributed by atoms with van der Waals surface area (Å²) in [6, 6.07) is 7.15. The highest BCUT2D eigenvalue weighted by atomic mass is 16.5. The van der Waals surface area contributed by atoms with E-state index in [0.29, 0.717) is 5.92 Å². The third-order valence-electron chi connectivity index (χ3n) is 4.47. The van der Waals surface area contributed by atoms with Gasteiger partial charge in [-0.1, -0.05) is 12.1 Å². The lowest BCUT2D eigenvalue weighted by Crippen LogP contribution is -2.27. The molecule has 1 fully saturated rings. The van der Waals surface area contributed by atoms with Crippen molar-refractivity contribution in [3.8, 4) is 5.75 Å². The first-order chi connectivity index (χ1) is 8.79. The Bertz CT molecular complexity index is 433. The maximum Gasteiger partial charge on any atom is 0.142 e. The van der Waals surface area contributed by atoms with Crippen molar-refractivity contribution >= 4 is 5.69 Å². The fraction of sp³-hybridized carbons (Fsp3) is 0.600. The van der Waals surface area contributed by atoms with Crippen LogP contribution in [0.3, 0.4) is 0 Å². The Balaban J connectivity index is 1.78. The van der Waals surface area contributed by atoms with Crippen LogP contribution in [0.25, 0.3) is 0 Å². The molecule has 2 unspecified atom stereocenters. The van der Waals surface area contributed by atoms with Gasteiger partial charge in [0.2, 0.25) is 0 Å². The molecule has 0 bridgehead atoms. The highest BCUT2D eigenvalue weighted by molar-refractivity contribution is 5.66. The first-order valence-electron chi connectivity index (χ1n) is 6.90. The monoisotopic (exact) mass is 246 g/mol. The van der Waals surface area contributed by atoms with Crippen LogP contribution in [0.1, 0.15) is 30.7 Å². The number of para-hydroxylation sites is 1. The molecule has 0 radical (unpaired) electrons. The zero-order chi connectivity index (χ0) is 12.5. The summed E-state index contributed by atoms with van der Waals surface area (Å²) >= 11 is 0. The second-order valence-electron chi connectivity index (χ2n) is 5.51. The summed E-state index contributed by atoms with van der Waals surface area (Å²) in [7, 11) is 4.00. The topological polar surface area (TPSA) is 24.5 Å². The molecule has 18 heavy (non-hydrogen) atoms. The van der Waals surface area contributed by atoms with Crippen molar-refractivity contribution in [3.05, 3.63) is 23.8 Å². The fourth-order valence-electron chi connectivity index (χ4n) is 3.40. The Kier molecular flexibility index (Phi) is 3.16. The summed E-state index contributed by atoms with van der Waals surface area (Å²) in [6.45, 7) is 2.32. The number of rotatable bonds is 3. The van der Waals surface area contributed by atoms with Crippen molar-refractivity contribution in [2.24, 2.45) is 0 Å². The highest BCUT2D eigenvalue weighted by Gasteiger charge is 2.30. The third-order valence-corrected chi connectivity index (χ3v) is 4.47. The molecule has 3 heteroatoms. The molecule has 2 aliphatic heterocycles. The van der Waals surface area contributed by atoms with Gasteiger partial charge >= 0.3 is 0 Å². The van der Waals surface area contributed by atoms with Crippen molar-refractivity contribution in [1.82, 2.24) is 4.90 Å². The fourth-order valence-corrected chi connectivity index (χ4v) is 3.40. The Morgan fingerprint density at radius 1 is 1.44 bits per heavy atom. The predicted molar refractivity (Wildman–Crippen MR) is 74.5 cm³/mol. The Morgan fingerprint density at radius 3 is 3.06 bits per heavy atom. The second kappa shape index (κ2) is 4.81. The zero-order valence-electron chi connectivity index (χ0n) is 11.3. The van der Waals surface area contributed by atoms with E-state index in [9.17, 15) is 0 Å². The lowest BCUT2D eigenvalue weighted by atomic mass is 9.93. The van der Waals surface area contributed by atoms with Gasteiger partial charge in [0.05, 0.1) is 12.8 Å². The highest BCUT2D eigenvalue weighted by Crippen LogP contribution is 2.41. The van der Waals surface area contributed by atoms with Crippen molar-refractivity contribution in [2.75, 3.05) is 32.6 Å². The number of likely N-dealkylation sites (tertiary alicyclic amines) is 1. The summed E-state index contributed by atoms with van der Waals surface area (Å²) in [4.78, 5) is 2.51. The van der Waals surface area contributed by atoms with Crippen LogP contribution in [0.5, 0.6) is 5.75 Å². The first-order valence-corrected chi connectivity index (χ1v) is 6.90. The van der Waals surface area contributed by atoms with E-state index in [2.05, 4.69) is 29.4 Å². The summed E-state index contributed by atoms with van der Waals surface area (Å²) in [6.07, 6.45) is 3.97. The Morgan fingerprint density at radius 2 is 2.33 bits per heavy atom. The van der Waals surface area contributed by atoms with Gasteiger partial charge in [0.1, 0.15) is 5.75 Å². The molecular weight excluding hydrogens is 224 g/mol. The average molecular weight is 246 g/mol. The number of nitrogens with zero attached hydrogens (tertiary/aromatic N) is 1. The summed E-state index contributed by atoms with van der Waals surface area (Å²) in [5.41, 5.74) is 2.65. The molecule has 1 aromatic carbocycles. The van der Waals surface area contributed by atoms with Crippen molar-refractivity contribution in [1.29, 1.82) is 0 Å². The Labute approximate surface area is 109 Å². The van der Waals surface area contributed by atoms with Crippen LogP contribution >= 0.6 is 0 Å². The molecule has 0 saturated carbocycles. The molecule has 0 aromatic heterocycles. The summed E-state index contributed by atoms with van der Waals surface area (Å²) in [5.74, 6) is 1.62. The van der Waals surface area contributed by atoms with Gasteiger partial charge in [-0.15, -0.1) is 0 Å². The Hall–Kier alpha value is -1.22. The van der Waals surface area contributed by atoms with Crippen molar-refractivity contribution < 1.29 is 4.74 Å². The van der Waals surface area contributed by atoms with Gasteiger partial charge in [-0.3, -0.25) is 0 Å². The average Bonchev–Trinajstić information content (AvgIpc) is 2.97. The van der Waals surface area contributed by atoms with E-state index in [-0.39, 0.29) is 0 Å². The molecular formula is C15H22N2O. The number of hydrogen-bond acceptors (Lipinski definition) is 3. The van der Waals surface area contributed by atoms with E-state index < -0.39 is 0 Å². The zero-order valence-corrected chi connectivity index (χ0v) is 11.3. The molecule has 0 aliphatic carbocycles. The minimum Gasteiger partial charge on any atom is -0.495 e. The van der Waals surface area contributed by atoms with Gasteiger partial charge in [-0.2, -0.15) is 0 Å². The minimum atomic E-state index is 0.639. The third kappa shape index (κ3) is 1.97. The normalized spacial score (nSPS) is 27.0. The first kappa shape index (κ1) is 11.8. The van der Waals surface area contributed by atoms with Crippen LogP contribution < -0.4 is 10.1 Å². The van der Waals surface area contributed by atoms with E-state index >= 15 is 0 Å². The van der Waals surface area contributed by atoms with Crippen molar-refractivity contribution in [3.63, 3.8) is 0 Å². The SMILES string of the molecule is COc1cccc2c1NCC2CC1CCCN1C. The molecule has 3 nitrogen and oxygen atoms in total.